The van der Waals surface area contributed by atoms with Gasteiger partial charge in [-0.1, -0.05) is 30.3 Å². The first-order chi connectivity index (χ1) is 15.0. The molecule has 1 fully saturated rings. The lowest BCUT2D eigenvalue weighted by Crippen LogP contribution is -2.47. The summed E-state index contributed by atoms with van der Waals surface area (Å²) in [6.45, 7) is 4.87. The summed E-state index contributed by atoms with van der Waals surface area (Å²) in [5, 5.41) is 4.33. The van der Waals surface area contributed by atoms with E-state index in [4.69, 9.17) is 4.42 Å². The van der Waals surface area contributed by atoms with Gasteiger partial charge in [0.05, 0.1) is 6.54 Å². The Balaban J connectivity index is 1.46. The Kier molecular flexibility index (Phi) is 6.56. The van der Waals surface area contributed by atoms with Crippen LogP contribution in [0.3, 0.4) is 0 Å². The van der Waals surface area contributed by atoms with Gasteiger partial charge in [-0.15, -0.1) is 0 Å². The molecule has 1 aliphatic rings. The molecule has 2 aromatic heterocycles. The molecule has 0 spiro atoms. The van der Waals surface area contributed by atoms with E-state index < -0.39 is 0 Å². The number of carbonyl (C=O) groups is 1. The molecule has 6 heteroatoms. The molecule has 1 amide bonds. The molecule has 1 aromatic carbocycles. The molecule has 31 heavy (non-hydrogen) atoms. The number of hydrogen-bond donors (Lipinski definition) is 0. The number of aryl methyl sites for hydroxylation is 2. The number of carbonyl (C=O) groups excluding carboxylic acids is 1. The number of likely N-dealkylation sites (tertiary alicyclic amines) is 1. The summed E-state index contributed by atoms with van der Waals surface area (Å²) in [6, 6.07) is 16.5. The normalized spacial score (nSPS) is 16.4. The van der Waals surface area contributed by atoms with Crippen LogP contribution in [0.25, 0.3) is 0 Å². The summed E-state index contributed by atoms with van der Waals surface area (Å²) in [5.41, 5.74) is 1.77. The smallest absolute Gasteiger partial charge is 0.274 e. The Hall–Kier alpha value is -2.86. The molecule has 0 bridgehead atoms. The molecule has 3 heterocycles. The van der Waals surface area contributed by atoms with E-state index in [1.807, 2.05) is 44.2 Å². The molecule has 0 radical (unpaired) electrons. The Morgan fingerprint density at radius 1 is 1.16 bits per heavy atom. The van der Waals surface area contributed by atoms with Crippen molar-refractivity contribution in [2.75, 3.05) is 20.1 Å². The van der Waals surface area contributed by atoms with Crippen LogP contribution in [-0.2, 0) is 20.0 Å². The topological polar surface area (TPSA) is 54.5 Å². The second-order valence-electron chi connectivity index (χ2n) is 8.67. The van der Waals surface area contributed by atoms with Gasteiger partial charge in [-0.3, -0.25) is 14.4 Å². The van der Waals surface area contributed by atoms with Crippen LogP contribution < -0.4 is 0 Å². The lowest BCUT2D eigenvalue weighted by molar-refractivity contribution is 0.0573. The van der Waals surface area contributed by atoms with E-state index in [1.54, 1.807) is 10.7 Å². The minimum atomic E-state index is -0.00461. The SMILES string of the molecule is Cc1ccc(CN2CCC([C@H](Cc3ccccc3)N(C)C(=O)c3ccn(C)n3)CC2)o1. The number of amides is 1. The van der Waals surface area contributed by atoms with Gasteiger partial charge in [0.15, 0.2) is 0 Å². The van der Waals surface area contributed by atoms with Crippen molar-refractivity contribution >= 4 is 5.91 Å². The first-order valence-corrected chi connectivity index (χ1v) is 11.1. The minimum Gasteiger partial charge on any atom is -0.465 e. The molecule has 1 saturated heterocycles. The van der Waals surface area contributed by atoms with Gasteiger partial charge >= 0.3 is 0 Å². The summed E-state index contributed by atoms with van der Waals surface area (Å²) >= 11 is 0. The third-order valence-electron chi connectivity index (χ3n) is 6.39. The van der Waals surface area contributed by atoms with Gasteiger partial charge in [0.2, 0.25) is 0 Å². The monoisotopic (exact) mass is 420 g/mol. The van der Waals surface area contributed by atoms with Crippen molar-refractivity contribution in [2.45, 2.75) is 38.8 Å². The van der Waals surface area contributed by atoms with Gasteiger partial charge in [0.25, 0.3) is 5.91 Å². The molecular weight excluding hydrogens is 388 g/mol. The van der Waals surface area contributed by atoms with Crippen molar-refractivity contribution in [1.29, 1.82) is 0 Å². The maximum atomic E-state index is 13.2. The van der Waals surface area contributed by atoms with E-state index in [-0.39, 0.29) is 11.9 Å². The van der Waals surface area contributed by atoms with Crippen LogP contribution >= 0.6 is 0 Å². The molecular formula is C25H32N4O2. The van der Waals surface area contributed by atoms with Gasteiger partial charge in [0, 0.05) is 26.3 Å². The second-order valence-corrected chi connectivity index (χ2v) is 8.67. The van der Waals surface area contributed by atoms with Crippen LogP contribution in [0.1, 0.15) is 40.4 Å². The number of aromatic nitrogens is 2. The maximum Gasteiger partial charge on any atom is 0.274 e. The number of benzene rings is 1. The van der Waals surface area contributed by atoms with Gasteiger partial charge in [0.1, 0.15) is 17.2 Å². The van der Waals surface area contributed by atoms with E-state index in [0.29, 0.717) is 11.6 Å². The fourth-order valence-corrected chi connectivity index (χ4v) is 4.62. The fraction of sp³-hybridized carbons (Fsp3) is 0.440. The van der Waals surface area contributed by atoms with Crippen LogP contribution in [-0.4, -0.2) is 51.7 Å². The minimum absolute atomic E-state index is 0.00461. The Morgan fingerprint density at radius 2 is 1.90 bits per heavy atom. The number of piperidine rings is 1. The number of likely N-dealkylation sites (N-methyl/N-ethyl adjacent to an activating group) is 1. The maximum absolute atomic E-state index is 13.2. The highest BCUT2D eigenvalue weighted by Crippen LogP contribution is 2.28. The van der Waals surface area contributed by atoms with Gasteiger partial charge < -0.3 is 9.32 Å². The number of hydrogen-bond acceptors (Lipinski definition) is 4. The summed E-state index contributed by atoms with van der Waals surface area (Å²) in [5.74, 6) is 2.43. The van der Waals surface area contributed by atoms with Crippen LogP contribution in [0.4, 0.5) is 0 Å². The Labute approximate surface area is 184 Å². The van der Waals surface area contributed by atoms with Gasteiger partial charge in [-0.2, -0.15) is 5.10 Å². The van der Waals surface area contributed by atoms with Crippen molar-refractivity contribution in [2.24, 2.45) is 13.0 Å². The highest BCUT2D eigenvalue weighted by atomic mass is 16.3. The van der Waals surface area contributed by atoms with Crippen LogP contribution in [0.15, 0.2) is 59.1 Å². The van der Waals surface area contributed by atoms with Crippen molar-refractivity contribution in [1.82, 2.24) is 19.6 Å². The van der Waals surface area contributed by atoms with E-state index >= 15 is 0 Å². The number of nitrogens with zero attached hydrogens (tertiary/aromatic N) is 4. The fourth-order valence-electron chi connectivity index (χ4n) is 4.62. The average Bonchev–Trinajstić information content (AvgIpc) is 3.40. The molecule has 0 N–H and O–H groups in total. The first kappa shape index (κ1) is 21.4. The third-order valence-corrected chi connectivity index (χ3v) is 6.39. The molecule has 6 nitrogen and oxygen atoms in total. The zero-order valence-corrected chi connectivity index (χ0v) is 18.7. The van der Waals surface area contributed by atoms with Crippen molar-refractivity contribution in [3.8, 4) is 0 Å². The van der Waals surface area contributed by atoms with E-state index in [9.17, 15) is 4.79 Å². The van der Waals surface area contributed by atoms with E-state index in [2.05, 4.69) is 40.3 Å². The number of rotatable bonds is 7. The van der Waals surface area contributed by atoms with Crippen molar-refractivity contribution < 1.29 is 9.21 Å². The predicted molar refractivity (Wildman–Crippen MR) is 121 cm³/mol. The molecule has 3 aromatic rings. The third kappa shape index (κ3) is 5.25. The standard InChI is InChI=1S/C25H32N4O2/c1-19-9-10-22(31-19)18-29-15-11-21(12-16-29)24(17-20-7-5-4-6-8-20)28(3)25(30)23-13-14-27(2)26-23/h4-10,13-14,21,24H,11-12,15-18H2,1-3H3/t24-/m0/s1. The summed E-state index contributed by atoms with van der Waals surface area (Å²) < 4.78 is 7.44. The zero-order valence-electron chi connectivity index (χ0n) is 18.7. The van der Waals surface area contributed by atoms with Crippen molar-refractivity contribution in [3.63, 3.8) is 0 Å². The largest absolute Gasteiger partial charge is 0.465 e. The van der Waals surface area contributed by atoms with E-state index in [1.165, 1.54) is 5.56 Å². The lowest BCUT2D eigenvalue weighted by Gasteiger charge is -2.39. The Morgan fingerprint density at radius 3 is 2.52 bits per heavy atom. The van der Waals surface area contributed by atoms with Gasteiger partial charge in [-0.05, 0) is 69.0 Å². The summed E-state index contributed by atoms with van der Waals surface area (Å²) in [7, 11) is 3.77. The molecule has 4 rings (SSSR count). The molecule has 1 atom stereocenters. The molecule has 0 aliphatic carbocycles. The zero-order chi connectivity index (χ0) is 21.8. The second kappa shape index (κ2) is 9.52. The van der Waals surface area contributed by atoms with Gasteiger partial charge in [-0.25, -0.2) is 0 Å². The molecule has 0 saturated carbocycles. The lowest BCUT2D eigenvalue weighted by atomic mass is 9.85. The highest BCUT2D eigenvalue weighted by molar-refractivity contribution is 5.92. The summed E-state index contributed by atoms with van der Waals surface area (Å²) in [4.78, 5) is 17.5. The Bertz CT molecular complexity index is 986. The summed E-state index contributed by atoms with van der Waals surface area (Å²) in [6.07, 6.45) is 4.81. The van der Waals surface area contributed by atoms with E-state index in [0.717, 1.165) is 50.4 Å². The van der Waals surface area contributed by atoms with Crippen LogP contribution in [0.5, 0.6) is 0 Å². The molecule has 0 unspecified atom stereocenters. The molecule has 164 valence electrons. The van der Waals surface area contributed by atoms with Crippen LogP contribution in [0.2, 0.25) is 0 Å². The quantitative estimate of drug-likeness (QED) is 0.581. The highest BCUT2D eigenvalue weighted by Gasteiger charge is 2.32. The first-order valence-electron chi connectivity index (χ1n) is 11.1. The van der Waals surface area contributed by atoms with Crippen LogP contribution in [0, 0.1) is 12.8 Å². The number of furan rings is 1. The molecule has 1 aliphatic heterocycles. The predicted octanol–water partition coefficient (Wildman–Crippen LogP) is 3.92. The average molecular weight is 421 g/mol. The van der Waals surface area contributed by atoms with Crippen molar-refractivity contribution in [3.05, 3.63) is 77.5 Å².